The Balaban J connectivity index is 2.33. The Hall–Kier alpha value is -2.54. The monoisotopic (exact) mass is 237 g/mol. The number of carbonyl (C=O) groups excluding carboxylic acids is 1. The lowest BCUT2D eigenvalue weighted by atomic mass is 9.95. The Bertz CT molecular complexity index is 585. The van der Waals surface area contributed by atoms with Gasteiger partial charge in [-0.1, -0.05) is 29.8 Å². The molecule has 0 spiro atoms. The van der Waals surface area contributed by atoms with Gasteiger partial charge >= 0.3 is 0 Å². The summed E-state index contributed by atoms with van der Waals surface area (Å²) in [5.41, 5.74) is 1.75. The number of nitriles is 1. The topological polar surface area (TPSA) is 66.6 Å². The highest BCUT2D eigenvalue weighted by atomic mass is 16.1. The maximum Gasteiger partial charge on any atom is 0.221 e. The molecular weight excluding hydrogens is 226 g/mol. The number of nitrogens with zero attached hydrogens (tertiary/aromatic N) is 3. The minimum absolute atomic E-state index is 0.0737. The van der Waals surface area contributed by atoms with Crippen LogP contribution in [0, 0.1) is 18.3 Å². The van der Waals surface area contributed by atoms with Crippen molar-refractivity contribution in [2.45, 2.75) is 12.8 Å². The van der Waals surface area contributed by atoms with Gasteiger partial charge in [0.05, 0.1) is 6.07 Å². The molecule has 0 bridgehead atoms. The highest BCUT2D eigenvalue weighted by Crippen LogP contribution is 2.19. The molecule has 0 aliphatic rings. The van der Waals surface area contributed by atoms with Crippen molar-refractivity contribution < 1.29 is 4.79 Å². The van der Waals surface area contributed by atoms with Crippen molar-refractivity contribution in [3.63, 3.8) is 0 Å². The van der Waals surface area contributed by atoms with E-state index in [9.17, 15) is 4.79 Å². The van der Waals surface area contributed by atoms with Crippen LogP contribution in [0.3, 0.4) is 0 Å². The summed E-state index contributed by atoms with van der Waals surface area (Å²) in [4.78, 5) is 19.9. The summed E-state index contributed by atoms with van der Waals surface area (Å²) in [5, 5.41) is 9.15. The number of hydrogen-bond donors (Lipinski definition) is 0. The van der Waals surface area contributed by atoms with Crippen LogP contribution >= 0.6 is 0 Å². The van der Waals surface area contributed by atoms with Gasteiger partial charge in [0.2, 0.25) is 5.78 Å². The smallest absolute Gasteiger partial charge is 0.221 e. The van der Waals surface area contributed by atoms with Gasteiger partial charge in [0.15, 0.2) is 5.82 Å². The van der Waals surface area contributed by atoms with Crippen molar-refractivity contribution in [1.29, 1.82) is 5.26 Å². The van der Waals surface area contributed by atoms with E-state index >= 15 is 0 Å². The average Bonchev–Trinajstić information content (AvgIpc) is 2.42. The lowest BCUT2D eigenvalue weighted by Gasteiger charge is -2.07. The molecule has 1 atom stereocenters. The van der Waals surface area contributed by atoms with Gasteiger partial charge in [-0.15, -0.1) is 0 Å². The van der Waals surface area contributed by atoms with Gasteiger partial charge in [0.1, 0.15) is 5.92 Å². The van der Waals surface area contributed by atoms with Crippen LogP contribution in [-0.4, -0.2) is 15.8 Å². The molecule has 18 heavy (non-hydrogen) atoms. The van der Waals surface area contributed by atoms with E-state index in [0.29, 0.717) is 5.56 Å². The van der Waals surface area contributed by atoms with Gasteiger partial charge in [-0.2, -0.15) is 5.26 Å². The normalized spacial score (nSPS) is 11.6. The zero-order valence-corrected chi connectivity index (χ0v) is 9.87. The molecule has 1 aromatic heterocycles. The summed E-state index contributed by atoms with van der Waals surface area (Å²) in [7, 11) is 0. The fourth-order valence-corrected chi connectivity index (χ4v) is 1.60. The molecule has 0 N–H and O–H groups in total. The van der Waals surface area contributed by atoms with Gasteiger partial charge in [0.25, 0.3) is 0 Å². The Kier molecular flexibility index (Phi) is 3.44. The molecular formula is C14H11N3O. The van der Waals surface area contributed by atoms with Gasteiger partial charge in [-0.3, -0.25) is 4.79 Å². The van der Waals surface area contributed by atoms with Crippen molar-refractivity contribution in [1.82, 2.24) is 9.97 Å². The average molecular weight is 237 g/mol. The molecule has 1 aromatic carbocycles. The number of benzene rings is 1. The highest BCUT2D eigenvalue weighted by molar-refractivity contribution is 5.99. The summed E-state index contributed by atoms with van der Waals surface area (Å²) in [5.74, 6) is -1.15. The SMILES string of the molecule is Cc1ccc(C(C#N)C(=O)c2ncccn2)cc1. The van der Waals surface area contributed by atoms with E-state index in [1.165, 1.54) is 12.4 Å². The molecule has 2 aromatic rings. The third kappa shape index (κ3) is 2.41. The first kappa shape index (κ1) is 11.9. The van der Waals surface area contributed by atoms with Crippen LogP contribution in [0.25, 0.3) is 0 Å². The summed E-state index contributed by atoms with van der Waals surface area (Å²) < 4.78 is 0. The summed E-state index contributed by atoms with van der Waals surface area (Å²) in [6.45, 7) is 1.95. The number of aromatic nitrogens is 2. The minimum Gasteiger partial charge on any atom is -0.289 e. The van der Waals surface area contributed by atoms with Crippen molar-refractivity contribution in [3.05, 3.63) is 59.7 Å². The third-order valence-electron chi connectivity index (χ3n) is 2.59. The first-order valence-electron chi connectivity index (χ1n) is 5.50. The Morgan fingerprint density at radius 2 is 1.83 bits per heavy atom. The molecule has 0 saturated carbocycles. The molecule has 4 nitrogen and oxygen atoms in total. The Labute approximate surface area is 105 Å². The molecule has 2 rings (SSSR count). The third-order valence-corrected chi connectivity index (χ3v) is 2.59. The van der Waals surface area contributed by atoms with Crippen LogP contribution in [0.1, 0.15) is 27.7 Å². The van der Waals surface area contributed by atoms with Crippen LogP contribution < -0.4 is 0 Å². The van der Waals surface area contributed by atoms with E-state index in [1.54, 1.807) is 18.2 Å². The summed E-state index contributed by atoms with van der Waals surface area (Å²) in [6, 6.07) is 10.9. The molecule has 88 valence electrons. The molecule has 1 heterocycles. The Morgan fingerprint density at radius 1 is 1.22 bits per heavy atom. The molecule has 0 saturated heterocycles. The molecule has 0 fully saturated rings. The lowest BCUT2D eigenvalue weighted by molar-refractivity contribution is 0.0968. The first-order valence-corrected chi connectivity index (χ1v) is 5.50. The van der Waals surface area contributed by atoms with E-state index < -0.39 is 5.92 Å². The minimum atomic E-state index is -0.854. The predicted octanol–water partition coefficient (Wildman–Crippen LogP) is 2.28. The van der Waals surface area contributed by atoms with Crippen LogP contribution in [0.2, 0.25) is 0 Å². The molecule has 0 aliphatic carbocycles. The number of aryl methyl sites for hydroxylation is 1. The number of carbonyl (C=O) groups is 1. The zero-order chi connectivity index (χ0) is 13.0. The van der Waals surface area contributed by atoms with Gasteiger partial charge in [-0.05, 0) is 18.6 Å². The lowest BCUT2D eigenvalue weighted by Crippen LogP contribution is -2.14. The van der Waals surface area contributed by atoms with E-state index in [1.807, 2.05) is 25.1 Å². The summed E-state index contributed by atoms with van der Waals surface area (Å²) in [6.07, 6.45) is 2.98. The van der Waals surface area contributed by atoms with Crippen LogP contribution in [0.5, 0.6) is 0 Å². The van der Waals surface area contributed by atoms with Crippen LogP contribution in [0.4, 0.5) is 0 Å². The first-order chi connectivity index (χ1) is 8.72. The van der Waals surface area contributed by atoms with E-state index in [0.717, 1.165) is 5.56 Å². The predicted molar refractivity (Wildman–Crippen MR) is 65.9 cm³/mol. The van der Waals surface area contributed by atoms with E-state index in [2.05, 4.69) is 9.97 Å². The Morgan fingerprint density at radius 3 is 2.39 bits per heavy atom. The second kappa shape index (κ2) is 5.19. The quantitative estimate of drug-likeness (QED) is 0.768. The largest absolute Gasteiger partial charge is 0.289 e. The van der Waals surface area contributed by atoms with Gasteiger partial charge in [-0.25, -0.2) is 9.97 Å². The molecule has 4 heteroatoms. The fourth-order valence-electron chi connectivity index (χ4n) is 1.60. The van der Waals surface area contributed by atoms with E-state index in [-0.39, 0.29) is 11.6 Å². The zero-order valence-electron chi connectivity index (χ0n) is 9.87. The number of Topliss-reactive ketones (excluding diaryl/α,β-unsaturated/α-hetero) is 1. The maximum absolute atomic E-state index is 12.1. The highest BCUT2D eigenvalue weighted by Gasteiger charge is 2.23. The molecule has 0 radical (unpaired) electrons. The van der Waals surface area contributed by atoms with Crippen molar-refractivity contribution in [3.8, 4) is 6.07 Å². The number of rotatable bonds is 3. The van der Waals surface area contributed by atoms with Gasteiger partial charge in [0, 0.05) is 12.4 Å². The van der Waals surface area contributed by atoms with Crippen LogP contribution in [-0.2, 0) is 0 Å². The second-order valence-electron chi connectivity index (χ2n) is 3.91. The molecule has 0 amide bonds. The second-order valence-corrected chi connectivity index (χ2v) is 3.91. The van der Waals surface area contributed by atoms with Crippen molar-refractivity contribution >= 4 is 5.78 Å². The summed E-state index contributed by atoms with van der Waals surface area (Å²) >= 11 is 0. The standard InChI is InChI=1S/C14H11N3O/c1-10-3-5-11(6-4-10)12(9-15)13(18)14-16-7-2-8-17-14/h2-8,12H,1H3. The number of ketones is 1. The number of hydrogen-bond acceptors (Lipinski definition) is 4. The molecule has 1 unspecified atom stereocenters. The molecule has 0 aliphatic heterocycles. The van der Waals surface area contributed by atoms with Crippen LogP contribution in [0.15, 0.2) is 42.7 Å². The van der Waals surface area contributed by atoms with Crippen molar-refractivity contribution in [2.75, 3.05) is 0 Å². The van der Waals surface area contributed by atoms with Gasteiger partial charge < -0.3 is 0 Å². The van der Waals surface area contributed by atoms with E-state index in [4.69, 9.17) is 5.26 Å². The fraction of sp³-hybridized carbons (Fsp3) is 0.143. The van der Waals surface area contributed by atoms with Crippen molar-refractivity contribution in [2.24, 2.45) is 0 Å². The maximum atomic E-state index is 12.1.